The standard InChI is InChI=1S/C19H28N2O3/c1-15(22)14-20-10-12-21(13-11-20)19(23)16-6-8-18(9-7-16)24-17-4-2-3-5-17/h6-9,15,17,22H,2-5,10-14H2,1H3/t15-/m1/s1. The summed E-state index contributed by atoms with van der Waals surface area (Å²) in [6.45, 7) is 5.54. The number of carbonyl (C=O) groups is 1. The van der Waals surface area contributed by atoms with Crippen molar-refractivity contribution in [3.63, 3.8) is 0 Å². The van der Waals surface area contributed by atoms with E-state index in [9.17, 15) is 9.90 Å². The summed E-state index contributed by atoms with van der Waals surface area (Å²) in [6.07, 6.45) is 4.80. The van der Waals surface area contributed by atoms with E-state index in [0.29, 0.717) is 25.7 Å². The smallest absolute Gasteiger partial charge is 0.253 e. The summed E-state index contributed by atoms with van der Waals surface area (Å²) in [5.41, 5.74) is 0.720. The number of benzene rings is 1. The maximum atomic E-state index is 12.6. The Kier molecular flexibility index (Phi) is 5.74. The lowest BCUT2D eigenvalue weighted by atomic mass is 10.1. The molecule has 2 fully saturated rings. The number of hydrogen-bond donors (Lipinski definition) is 1. The van der Waals surface area contributed by atoms with E-state index in [-0.39, 0.29) is 12.0 Å². The molecule has 1 atom stereocenters. The van der Waals surface area contributed by atoms with Gasteiger partial charge in [0, 0.05) is 38.3 Å². The lowest BCUT2D eigenvalue weighted by Gasteiger charge is -2.35. The van der Waals surface area contributed by atoms with Crippen LogP contribution in [0.3, 0.4) is 0 Å². The van der Waals surface area contributed by atoms with Crippen LogP contribution in [0.25, 0.3) is 0 Å². The summed E-state index contributed by atoms with van der Waals surface area (Å²) < 4.78 is 5.95. The molecule has 0 bridgehead atoms. The van der Waals surface area contributed by atoms with Crippen molar-refractivity contribution in [2.24, 2.45) is 0 Å². The molecule has 1 heterocycles. The minimum atomic E-state index is -0.320. The number of nitrogens with zero attached hydrogens (tertiary/aromatic N) is 2. The third-order valence-electron chi connectivity index (χ3n) is 4.89. The molecular formula is C19H28N2O3. The number of ether oxygens (including phenoxy) is 1. The topological polar surface area (TPSA) is 53.0 Å². The molecule has 132 valence electrons. The van der Waals surface area contributed by atoms with Gasteiger partial charge < -0.3 is 14.7 Å². The second kappa shape index (κ2) is 7.99. The highest BCUT2D eigenvalue weighted by molar-refractivity contribution is 5.94. The van der Waals surface area contributed by atoms with E-state index in [1.165, 1.54) is 12.8 Å². The van der Waals surface area contributed by atoms with Crippen LogP contribution in [0, 0.1) is 0 Å². The van der Waals surface area contributed by atoms with Crippen molar-refractivity contribution in [1.82, 2.24) is 9.80 Å². The molecule has 1 aliphatic carbocycles. The van der Waals surface area contributed by atoms with E-state index in [1.54, 1.807) is 6.92 Å². The molecule has 1 aromatic carbocycles. The van der Waals surface area contributed by atoms with Gasteiger partial charge in [0.2, 0.25) is 0 Å². The van der Waals surface area contributed by atoms with Crippen molar-refractivity contribution in [2.45, 2.75) is 44.8 Å². The van der Waals surface area contributed by atoms with Crippen LogP contribution in [0.15, 0.2) is 24.3 Å². The highest BCUT2D eigenvalue weighted by Gasteiger charge is 2.23. The second-order valence-electron chi connectivity index (χ2n) is 6.99. The Balaban J connectivity index is 1.51. The summed E-state index contributed by atoms with van der Waals surface area (Å²) in [4.78, 5) is 16.7. The van der Waals surface area contributed by atoms with Crippen molar-refractivity contribution in [3.05, 3.63) is 29.8 Å². The van der Waals surface area contributed by atoms with Crippen LogP contribution in [-0.2, 0) is 0 Å². The summed E-state index contributed by atoms with van der Waals surface area (Å²) in [7, 11) is 0. The van der Waals surface area contributed by atoms with E-state index in [2.05, 4.69) is 4.90 Å². The van der Waals surface area contributed by atoms with E-state index >= 15 is 0 Å². The molecular weight excluding hydrogens is 304 g/mol. The normalized spacial score (nSPS) is 21.0. The molecule has 1 amide bonds. The van der Waals surface area contributed by atoms with Gasteiger partial charge in [0.05, 0.1) is 12.2 Å². The predicted octanol–water partition coefficient (Wildman–Crippen LogP) is 2.15. The fourth-order valence-corrected chi connectivity index (χ4v) is 3.56. The van der Waals surface area contributed by atoms with Gasteiger partial charge in [-0.05, 0) is 56.9 Å². The fraction of sp³-hybridized carbons (Fsp3) is 0.632. The van der Waals surface area contributed by atoms with Crippen molar-refractivity contribution in [3.8, 4) is 5.75 Å². The predicted molar refractivity (Wildman–Crippen MR) is 93.4 cm³/mol. The Bertz CT molecular complexity index is 530. The zero-order valence-electron chi connectivity index (χ0n) is 14.5. The quantitative estimate of drug-likeness (QED) is 0.898. The minimum absolute atomic E-state index is 0.0825. The third kappa shape index (κ3) is 4.48. The van der Waals surface area contributed by atoms with Crippen molar-refractivity contribution in [1.29, 1.82) is 0 Å². The zero-order chi connectivity index (χ0) is 16.9. The molecule has 0 unspecified atom stereocenters. The molecule has 1 saturated carbocycles. The van der Waals surface area contributed by atoms with Crippen LogP contribution >= 0.6 is 0 Å². The summed E-state index contributed by atoms with van der Waals surface area (Å²) >= 11 is 0. The van der Waals surface area contributed by atoms with Gasteiger partial charge in [-0.25, -0.2) is 0 Å². The molecule has 24 heavy (non-hydrogen) atoms. The number of hydrogen-bond acceptors (Lipinski definition) is 4. The number of carbonyl (C=O) groups excluding carboxylic acids is 1. The molecule has 0 radical (unpaired) electrons. The van der Waals surface area contributed by atoms with Gasteiger partial charge in [-0.2, -0.15) is 0 Å². The number of piperazine rings is 1. The first-order valence-corrected chi connectivity index (χ1v) is 9.08. The maximum Gasteiger partial charge on any atom is 0.253 e. The first-order chi connectivity index (χ1) is 11.6. The maximum absolute atomic E-state index is 12.6. The molecule has 1 aliphatic heterocycles. The zero-order valence-corrected chi connectivity index (χ0v) is 14.5. The van der Waals surface area contributed by atoms with E-state index in [0.717, 1.165) is 37.2 Å². The molecule has 1 N–H and O–H groups in total. The molecule has 0 aromatic heterocycles. The van der Waals surface area contributed by atoms with Crippen LogP contribution in [-0.4, -0.2) is 65.7 Å². The Morgan fingerprint density at radius 1 is 1.17 bits per heavy atom. The van der Waals surface area contributed by atoms with Gasteiger partial charge in [-0.1, -0.05) is 0 Å². The van der Waals surface area contributed by atoms with Crippen molar-refractivity contribution < 1.29 is 14.6 Å². The molecule has 1 aromatic rings. The lowest BCUT2D eigenvalue weighted by Crippen LogP contribution is -2.50. The Hall–Kier alpha value is -1.59. The summed E-state index contributed by atoms with van der Waals surface area (Å²) in [5, 5.41) is 9.45. The molecule has 2 aliphatic rings. The fourth-order valence-electron chi connectivity index (χ4n) is 3.56. The number of aliphatic hydroxyl groups is 1. The number of β-amino-alcohol motifs (C(OH)–C–C–N with tert-alkyl or cyclic N) is 1. The van der Waals surface area contributed by atoms with Gasteiger partial charge in [0.1, 0.15) is 5.75 Å². The van der Waals surface area contributed by atoms with Crippen molar-refractivity contribution >= 4 is 5.91 Å². The monoisotopic (exact) mass is 332 g/mol. The van der Waals surface area contributed by atoms with Crippen LogP contribution in [0.1, 0.15) is 43.0 Å². The second-order valence-corrected chi connectivity index (χ2v) is 6.99. The average Bonchev–Trinajstić information content (AvgIpc) is 3.08. The van der Waals surface area contributed by atoms with Crippen LogP contribution in [0.4, 0.5) is 0 Å². The highest BCUT2D eigenvalue weighted by atomic mass is 16.5. The number of rotatable bonds is 5. The van der Waals surface area contributed by atoms with E-state index < -0.39 is 0 Å². The molecule has 1 saturated heterocycles. The Morgan fingerprint density at radius 3 is 2.38 bits per heavy atom. The SMILES string of the molecule is C[C@@H](O)CN1CCN(C(=O)c2ccc(OC3CCCC3)cc2)CC1. The molecule has 0 spiro atoms. The van der Waals surface area contributed by atoms with Gasteiger partial charge in [0.25, 0.3) is 5.91 Å². The third-order valence-corrected chi connectivity index (χ3v) is 4.89. The highest BCUT2D eigenvalue weighted by Crippen LogP contribution is 2.24. The molecule has 3 rings (SSSR count). The average molecular weight is 332 g/mol. The van der Waals surface area contributed by atoms with Crippen LogP contribution in [0.5, 0.6) is 5.75 Å². The van der Waals surface area contributed by atoms with Gasteiger partial charge in [-0.15, -0.1) is 0 Å². The minimum Gasteiger partial charge on any atom is -0.490 e. The number of amides is 1. The first kappa shape index (κ1) is 17.2. The van der Waals surface area contributed by atoms with Gasteiger partial charge in [-0.3, -0.25) is 9.69 Å². The largest absolute Gasteiger partial charge is 0.490 e. The number of aliphatic hydroxyl groups excluding tert-OH is 1. The van der Waals surface area contributed by atoms with Crippen LogP contribution < -0.4 is 4.74 Å². The van der Waals surface area contributed by atoms with Gasteiger partial charge in [0.15, 0.2) is 0 Å². The van der Waals surface area contributed by atoms with Crippen LogP contribution in [0.2, 0.25) is 0 Å². The summed E-state index contributed by atoms with van der Waals surface area (Å²) in [5.74, 6) is 0.944. The Labute approximate surface area is 144 Å². The molecule has 5 nitrogen and oxygen atoms in total. The molecule has 5 heteroatoms. The lowest BCUT2D eigenvalue weighted by molar-refractivity contribution is 0.0554. The first-order valence-electron chi connectivity index (χ1n) is 9.08. The van der Waals surface area contributed by atoms with Crippen molar-refractivity contribution in [2.75, 3.05) is 32.7 Å². The van der Waals surface area contributed by atoms with Gasteiger partial charge >= 0.3 is 0 Å². The summed E-state index contributed by atoms with van der Waals surface area (Å²) in [6, 6.07) is 7.56. The van der Waals surface area contributed by atoms with E-state index in [1.807, 2.05) is 29.2 Å². The van der Waals surface area contributed by atoms with E-state index in [4.69, 9.17) is 4.74 Å². The Morgan fingerprint density at radius 2 is 1.79 bits per heavy atom.